The number of carbonyl (C=O) groups is 2. The summed E-state index contributed by atoms with van der Waals surface area (Å²) < 4.78 is 20.2. The molecule has 224 valence electrons. The van der Waals surface area contributed by atoms with Crippen LogP contribution in [0.4, 0.5) is 4.39 Å². The molecule has 4 aromatic rings. The topological polar surface area (TPSA) is 87.1 Å². The molecule has 0 aromatic heterocycles. The molecule has 0 saturated carbocycles. The molecule has 0 radical (unpaired) electrons. The first kappa shape index (κ1) is 31.6. The normalized spacial score (nSPS) is 11.9. The predicted octanol–water partition coefficient (Wildman–Crippen LogP) is 7.32. The van der Waals surface area contributed by atoms with E-state index in [2.05, 4.69) is 53.4 Å². The van der Waals surface area contributed by atoms with Crippen LogP contribution >= 0.6 is 0 Å². The number of hydrogen-bond acceptors (Lipinski definition) is 4. The Labute approximate surface area is 252 Å². The average molecular weight is 584 g/mol. The van der Waals surface area contributed by atoms with Gasteiger partial charge in [-0.15, -0.1) is 0 Å². The minimum atomic E-state index is -0.980. The highest BCUT2D eigenvalue weighted by atomic mass is 19.1. The van der Waals surface area contributed by atoms with E-state index in [1.807, 2.05) is 6.07 Å². The number of rotatable bonds is 17. The summed E-state index contributed by atoms with van der Waals surface area (Å²) in [6.45, 7) is 2.03. The van der Waals surface area contributed by atoms with Crippen molar-refractivity contribution in [1.82, 2.24) is 4.90 Å². The first-order chi connectivity index (χ1) is 20.9. The molecule has 0 aliphatic rings. The Morgan fingerprint density at radius 1 is 0.721 bits per heavy atom. The van der Waals surface area contributed by atoms with Gasteiger partial charge in [0.05, 0.1) is 18.3 Å². The fourth-order valence-corrected chi connectivity index (χ4v) is 4.96. The average Bonchev–Trinajstić information content (AvgIpc) is 3.02. The number of aryl methyl sites for hydroxylation is 2. The Balaban J connectivity index is 1.44. The number of hydrogen-bond donors (Lipinski definition) is 2. The van der Waals surface area contributed by atoms with E-state index in [4.69, 9.17) is 9.84 Å². The Hall–Kier alpha value is -4.33. The standard InChI is InChI=1S/C36H38FNO5/c37-33-21-19-31(20-22-33)34(43-26-30-13-11-28(12-14-30)10-9-27-6-2-1-3-7-27)25-38(23-5-4-8-35(39)40)24-29-15-17-32(18-16-29)36(41)42/h1-3,6-7,11-22,34H,4-5,8-10,23-26H2,(H,39,40)(H,41,42). The Bertz CT molecular complexity index is 1420. The van der Waals surface area contributed by atoms with Crippen LogP contribution in [0.5, 0.6) is 0 Å². The van der Waals surface area contributed by atoms with E-state index >= 15 is 0 Å². The van der Waals surface area contributed by atoms with Gasteiger partial charge in [0.15, 0.2) is 0 Å². The number of benzene rings is 4. The summed E-state index contributed by atoms with van der Waals surface area (Å²) >= 11 is 0. The molecule has 0 heterocycles. The highest BCUT2D eigenvalue weighted by molar-refractivity contribution is 5.87. The fraction of sp³-hybridized carbons (Fsp3) is 0.278. The predicted molar refractivity (Wildman–Crippen MR) is 164 cm³/mol. The van der Waals surface area contributed by atoms with Crippen molar-refractivity contribution in [3.8, 4) is 0 Å². The molecule has 1 atom stereocenters. The zero-order valence-corrected chi connectivity index (χ0v) is 24.2. The van der Waals surface area contributed by atoms with Crippen molar-refractivity contribution in [2.75, 3.05) is 13.1 Å². The molecule has 6 nitrogen and oxygen atoms in total. The van der Waals surface area contributed by atoms with Crippen LogP contribution < -0.4 is 0 Å². The smallest absolute Gasteiger partial charge is 0.335 e. The highest BCUT2D eigenvalue weighted by Crippen LogP contribution is 2.23. The quantitative estimate of drug-likeness (QED) is 0.127. The van der Waals surface area contributed by atoms with Gasteiger partial charge in [-0.1, -0.05) is 78.9 Å². The number of halogens is 1. The number of ether oxygens (including phenoxy) is 1. The molecule has 0 saturated heterocycles. The van der Waals surface area contributed by atoms with E-state index < -0.39 is 11.9 Å². The third kappa shape index (κ3) is 10.8. The highest BCUT2D eigenvalue weighted by Gasteiger charge is 2.19. The van der Waals surface area contributed by atoms with Crippen LogP contribution in [0, 0.1) is 5.82 Å². The van der Waals surface area contributed by atoms with E-state index in [1.165, 1.54) is 23.3 Å². The summed E-state index contributed by atoms with van der Waals surface area (Å²) in [4.78, 5) is 24.5. The molecular weight excluding hydrogens is 545 g/mol. The van der Waals surface area contributed by atoms with Gasteiger partial charge in [0.2, 0.25) is 0 Å². The number of aromatic carboxylic acids is 1. The summed E-state index contributed by atoms with van der Waals surface area (Å²) in [6, 6.07) is 31.9. The maximum atomic E-state index is 13.8. The largest absolute Gasteiger partial charge is 0.481 e. The van der Waals surface area contributed by atoms with Crippen molar-refractivity contribution in [3.63, 3.8) is 0 Å². The molecule has 43 heavy (non-hydrogen) atoms. The first-order valence-electron chi connectivity index (χ1n) is 14.6. The molecule has 0 fully saturated rings. The molecule has 1 unspecified atom stereocenters. The van der Waals surface area contributed by atoms with Crippen LogP contribution in [0.25, 0.3) is 0 Å². The molecule has 0 aliphatic carbocycles. The first-order valence-corrected chi connectivity index (χ1v) is 14.6. The zero-order chi connectivity index (χ0) is 30.4. The van der Waals surface area contributed by atoms with E-state index in [1.54, 1.807) is 36.4 Å². The number of carboxylic acids is 2. The summed E-state index contributed by atoms with van der Waals surface area (Å²) in [5.41, 5.74) is 5.60. The Morgan fingerprint density at radius 2 is 1.33 bits per heavy atom. The van der Waals surface area contributed by atoms with Gasteiger partial charge in [-0.3, -0.25) is 9.69 Å². The maximum Gasteiger partial charge on any atom is 0.335 e. The van der Waals surface area contributed by atoms with E-state index in [0.717, 1.165) is 29.5 Å². The zero-order valence-electron chi connectivity index (χ0n) is 24.2. The summed E-state index contributed by atoms with van der Waals surface area (Å²) in [7, 11) is 0. The van der Waals surface area contributed by atoms with Crippen molar-refractivity contribution in [3.05, 3.63) is 142 Å². The SMILES string of the molecule is O=C(O)CCCCN(Cc1ccc(C(=O)O)cc1)CC(OCc1ccc(CCc2ccccc2)cc1)c1ccc(F)cc1. The second-order valence-electron chi connectivity index (χ2n) is 10.7. The Morgan fingerprint density at radius 3 is 1.95 bits per heavy atom. The van der Waals surface area contributed by atoms with Crippen LogP contribution in [-0.2, 0) is 35.5 Å². The van der Waals surface area contributed by atoms with Crippen molar-refractivity contribution < 1.29 is 28.9 Å². The molecule has 0 amide bonds. The molecular formula is C36H38FNO5. The fourth-order valence-electron chi connectivity index (χ4n) is 4.96. The van der Waals surface area contributed by atoms with Crippen LogP contribution in [0.3, 0.4) is 0 Å². The monoisotopic (exact) mass is 583 g/mol. The molecule has 2 N–H and O–H groups in total. The third-order valence-electron chi connectivity index (χ3n) is 7.41. The lowest BCUT2D eigenvalue weighted by atomic mass is 10.0. The lowest BCUT2D eigenvalue weighted by molar-refractivity contribution is -0.137. The minimum absolute atomic E-state index is 0.0976. The van der Waals surface area contributed by atoms with E-state index in [0.29, 0.717) is 39.1 Å². The van der Waals surface area contributed by atoms with Gasteiger partial charge < -0.3 is 14.9 Å². The number of nitrogens with zero attached hydrogens (tertiary/aromatic N) is 1. The Kier molecular flexibility index (Phi) is 12.0. The summed E-state index contributed by atoms with van der Waals surface area (Å²) in [6.07, 6.45) is 2.89. The second-order valence-corrected chi connectivity index (χ2v) is 10.7. The minimum Gasteiger partial charge on any atom is -0.481 e. The third-order valence-corrected chi connectivity index (χ3v) is 7.41. The van der Waals surface area contributed by atoms with Crippen LogP contribution in [-0.4, -0.2) is 40.1 Å². The van der Waals surface area contributed by atoms with Gasteiger partial charge in [0, 0.05) is 19.5 Å². The van der Waals surface area contributed by atoms with E-state index in [9.17, 15) is 19.1 Å². The molecule has 0 bridgehead atoms. The molecule has 0 spiro atoms. The van der Waals surface area contributed by atoms with Gasteiger partial charge in [-0.2, -0.15) is 0 Å². The lowest BCUT2D eigenvalue weighted by Gasteiger charge is -2.28. The van der Waals surface area contributed by atoms with Gasteiger partial charge in [0.1, 0.15) is 5.82 Å². The van der Waals surface area contributed by atoms with Gasteiger partial charge >= 0.3 is 11.9 Å². The molecule has 4 rings (SSSR count). The summed E-state index contributed by atoms with van der Waals surface area (Å²) in [5.74, 6) is -2.13. The molecule has 4 aromatic carbocycles. The maximum absolute atomic E-state index is 13.8. The van der Waals surface area contributed by atoms with Crippen LogP contribution in [0.15, 0.2) is 103 Å². The lowest BCUT2D eigenvalue weighted by Crippen LogP contribution is -2.30. The molecule has 7 heteroatoms. The van der Waals surface area contributed by atoms with Crippen LogP contribution in [0.2, 0.25) is 0 Å². The number of aliphatic carboxylic acids is 1. The van der Waals surface area contributed by atoms with Crippen molar-refractivity contribution in [1.29, 1.82) is 0 Å². The second kappa shape index (κ2) is 16.3. The van der Waals surface area contributed by atoms with Crippen molar-refractivity contribution in [2.24, 2.45) is 0 Å². The van der Waals surface area contributed by atoms with Gasteiger partial charge in [0.25, 0.3) is 0 Å². The number of unbranched alkanes of at least 4 members (excludes halogenated alkanes) is 1. The summed E-state index contributed by atoms with van der Waals surface area (Å²) in [5, 5.41) is 18.3. The molecule has 0 aliphatic heterocycles. The van der Waals surface area contributed by atoms with E-state index in [-0.39, 0.29) is 23.9 Å². The van der Waals surface area contributed by atoms with Gasteiger partial charge in [-0.25, -0.2) is 9.18 Å². The van der Waals surface area contributed by atoms with Gasteiger partial charge in [-0.05, 0) is 84.3 Å². The number of carboxylic acid groups (broad SMARTS) is 2. The van der Waals surface area contributed by atoms with Crippen molar-refractivity contribution >= 4 is 11.9 Å². The van der Waals surface area contributed by atoms with Crippen molar-refractivity contribution in [2.45, 2.75) is 51.4 Å². The van der Waals surface area contributed by atoms with Crippen LogP contribution in [0.1, 0.15) is 63.5 Å².